The summed E-state index contributed by atoms with van der Waals surface area (Å²) < 4.78 is 10.7. The third-order valence-electron chi connectivity index (χ3n) is 3.33. The zero-order chi connectivity index (χ0) is 16.9. The van der Waals surface area contributed by atoms with Crippen molar-refractivity contribution in [2.45, 2.75) is 11.5 Å². The number of methoxy groups -OCH3 is 1. The van der Waals surface area contributed by atoms with Crippen LogP contribution in [0.1, 0.15) is 16.9 Å². The largest absolute Gasteiger partial charge is 0.496 e. The van der Waals surface area contributed by atoms with Gasteiger partial charge >= 0.3 is 0 Å². The zero-order valence-electron chi connectivity index (χ0n) is 12.9. The van der Waals surface area contributed by atoms with Crippen LogP contribution in [-0.4, -0.2) is 18.3 Å². The maximum atomic E-state index is 11.6. The van der Waals surface area contributed by atoms with E-state index in [1.807, 2.05) is 30.3 Å². The molecule has 0 aliphatic carbocycles. The number of nitrogens with one attached hydrogen (secondary N) is 1. The lowest BCUT2D eigenvalue weighted by Gasteiger charge is -2.09. The second-order valence-electron chi connectivity index (χ2n) is 5.00. The molecule has 2 heterocycles. The Bertz CT molecular complexity index is 784. The molecule has 7 heteroatoms. The van der Waals surface area contributed by atoms with Gasteiger partial charge in [-0.3, -0.25) is 14.9 Å². The quantitative estimate of drug-likeness (QED) is 0.783. The molecular weight excluding hydrogens is 346 g/mol. The van der Waals surface area contributed by atoms with Crippen LogP contribution in [-0.2, 0) is 16.3 Å². The SMILES string of the molecule is COc1ccc(C=C2SC(=O)NC2=O)cc1CSCc1ccco1. The van der Waals surface area contributed by atoms with Crippen molar-refractivity contribution in [1.29, 1.82) is 0 Å². The van der Waals surface area contributed by atoms with E-state index in [1.54, 1.807) is 31.2 Å². The Morgan fingerprint density at radius 3 is 2.83 bits per heavy atom. The standard InChI is InChI=1S/C17H15NO4S2/c1-21-14-5-4-11(8-15-16(19)18-17(20)24-15)7-12(14)9-23-10-13-3-2-6-22-13/h2-8H,9-10H2,1H3,(H,18,19,20). The zero-order valence-corrected chi connectivity index (χ0v) is 14.5. The molecule has 2 amide bonds. The smallest absolute Gasteiger partial charge is 0.290 e. The van der Waals surface area contributed by atoms with Crippen LogP contribution in [0.2, 0.25) is 0 Å². The first-order chi connectivity index (χ1) is 11.7. The first-order valence-corrected chi connectivity index (χ1v) is 9.15. The number of hydrogen-bond acceptors (Lipinski definition) is 6. The van der Waals surface area contributed by atoms with Crippen LogP contribution in [0.25, 0.3) is 6.08 Å². The van der Waals surface area contributed by atoms with Crippen LogP contribution in [0.5, 0.6) is 5.75 Å². The number of carbonyl (C=O) groups excluding carboxylic acids is 2. The molecule has 1 aromatic carbocycles. The summed E-state index contributed by atoms with van der Waals surface area (Å²) in [5.74, 6) is 2.89. The summed E-state index contributed by atoms with van der Waals surface area (Å²) in [6, 6.07) is 9.52. The van der Waals surface area contributed by atoms with Crippen LogP contribution < -0.4 is 10.1 Å². The molecule has 1 fully saturated rings. The Hall–Kier alpha value is -2.12. The topological polar surface area (TPSA) is 68.5 Å². The molecular formula is C17H15NO4S2. The molecule has 124 valence electrons. The lowest BCUT2D eigenvalue weighted by molar-refractivity contribution is -0.115. The van der Waals surface area contributed by atoms with Gasteiger partial charge in [0.25, 0.3) is 11.1 Å². The third-order valence-corrected chi connectivity index (χ3v) is 5.14. The minimum atomic E-state index is -0.352. The molecule has 3 rings (SSSR count). The third kappa shape index (κ3) is 4.04. The molecule has 1 N–H and O–H groups in total. The highest BCUT2D eigenvalue weighted by atomic mass is 32.2. The molecule has 1 saturated heterocycles. The highest BCUT2D eigenvalue weighted by Crippen LogP contribution is 2.30. The monoisotopic (exact) mass is 361 g/mol. The summed E-state index contributed by atoms with van der Waals surface area (Å²) in [5, 5.41) is 1.91. The Balaban J connectivity index is 1.74. The minimum Gasteiger partial charge on any atom is -0.496 e. The van der Waals surface area contributed by atoms with E-state index in [1.165, 1.54) is 0 Å². The molecule has 0 spiro atoms. The number of carbonyl (C=O) groups is 2. The molecule has 24 heavy (non-hydrogen) atoms. The number of imide groups is 1. The Labute approximate surface area is 147 Å². The van der Waals surface area contributed by atoms with Crippen molar-refractivity contribution < 1.29 is 18.7 Å². The lowest BCUT2D eigenvalue weighted by atomic mass is 10.1. The molecule has 0 bridgehead atoms. The van der Waals surface area contributed by atoms with Gasteiger partial charge in [-0.2, -0.15) is 0 Å². The Morgan fingerprint density at radius 2 is 2.17 bits per heavy atom. The number of hydrogen-bond donors (Lipinski definition) is 1. The van der Waals surface area contributed by atoms with Crippen LogP contribution >= 0.6 is 23.5 Å². The van der Waals surface area contributed by atoms with Crippen molar-refractivity contribution in [1.82, 2.24) is 5.32 Å². The molecule has 5 nitrogen and oxygen atoms in total. The summed E-state index contributed by atoms with van der Waals surface area (Å²) in [5.41, 5.74) is 1.88. The fraction of sp³-hybridized carbons (Fsp3) is 0.176. The molecule has 1 aliphatic heterocycles. The first-order valence-electron chi connectivity index (χ1n) is 7.17. The maximum absolute atomic E-state index is 11.6. The van der Waals surface area contributed by atoms with Gasteiger partial charge in [0.1, 0.15) is 11.5 Å². The van der Waals surface area contributed by atoms with Gasteiger partial charge in [-0.1, -0.05) is 6.07 Å². The predicted octanol–water partition coefficient (Wildman–Crippen LogP) is 4.05. The summed E-state index contributed by atoms with van der Waals surface area (Å²) >= 11 is 2.63. The van der Waals surface area contributed by atoms with Gasteiger partial charge in [0.15, 0.2) is 0 Å². The van der Waals surface area contributed by atoms with Crippen molar-refractivity contribution in [3.05, 3.63) is 58.4 Å². The number of benzene rings is 1. The number of furan rings is 1. The van der Waals surface area contributed by atoms with Crippen molar-refractivity contribution in [3.63, 3.8) is 0 Å². The lowest BCUT2D eigenvalue weighted by Crippen LogP contribution is -2.17. The summed E-state index contributed by atoms with van der Waals surface area (Å²) in [7, 11) is 1.63. The molecule has 0 saturated carbocycles. The molecule has 2 aromatic rings. The van der Waals surface area contributed by atoms with E-state index in [0.29, 0.717) is 4.91 Å². The van der Waals surface area contributed by atoms with Crippen LogP contribution in [0.15, 0.2) is 45.9 Å². The molecule has 0 radical (unpaired) electrons. The van der Waals surface area contributed by atoms with E-state index in [-0.39, 0.29) is 11.1 Å². The van der Waals surface area contributed by atoms with Gasteiger partial charge in [-0.25, -0.2) is 0 Å². The Morgan fingerprint density at radius 1 is 1.29 bits per heavy atom. The molecule has 1 aromatic heterocycles. The van der Waals surface area contributed by atoms with E-state index < -0.39 is 0 Å². The van der Waals surface area contributed by atoms with Crippen LogP contribution in [0, 0.1) is 0 Å². The van der Waals surface area contributed by atoms with Gasteiger partial charge in [-0.05, 0) is 47.7 Å². The fourth-order valence-corrected chi connectivity index (χ4v) is 3.83. The average Bonchev–Trinajstić information content (AvgIpc) is 3.18. The second-order valence-corrected chi connectivity index (χ2v) is 7.00. The van der Waals surface area contributed by atoms with E-state index in [9.17, 15) is 9.59 Å². The van der Waals surface area contributed by atoms with E-state index >= 15 is 0 Å². The van der Waals surface area contributed by atoms with Crippen molar-refractivity contribution in [2.75, 3.05) is 7.11 Å². The summed E-state index contributed by atoms with van der Waals surface area (Å²) in [6.07, 6.45) is 3.37. The van der Waals surface area contributed by atoms with Crippen LogP contribution in [0.4, 0.5) is 4.79 Å². The van der Waals surface area contributed by atoms with E-state index in [0.717, 1.165) is 45.9 Å². The van der Waals surface area contributed by atoms with Crippen molar-refractivity contribution in [3.8, 4) is 5.75 Å². The average molecular weight is 361 g/mol. The van der Waals surface area contributed by atoms with Gasteiger partial charge in [0.05, 0.1) is 24.0 Å². The number of ether oxygens (including phenoxy) is 1. The fourth-order valence-electron chi connectivity index (χ4n) is 2.23. The van der Waals surface area contributed by atoms with E-state index in [2.05, 4.69) is 5.32 Å². The predicted molar refractivity (Wildman–Crippen MR) is 95.8 cm³/mol. The van der Waals surface area contributed by atoms with E-state index in [4.69, 9.17) is 9.15 Å². The summed E-state index contributed by atoms with van der Waals surface area (Å²) in [6.45, 7) is 0. The number of thioether (sulfide) groups is 2. The minimum absolute atomic E-state index is 0.339. The highest BCUT2D eigenvalue weighted by molar-refractivity contribution is 8.18. The normalized spacial score (nSPS) is 15.8. The molecule has 1 aliphatic rings. The summed E-state index contributed by atoms with van der Waals surface area (Å²) in [4.78, 5) is 23.3. The number of amides is 2. The van der Waals surface area contributed by atoms with Gasteiger partial charge in [-0.15, -0.1) is 11.8 Å². The second kappa shape index (κ2) is 7.63. The Kier molecular flexibility index (Phi) is 5.32. The van der Waals surface area contributed by atoms with Gasteiger partial charge in [0.2, 0.25) is 0 Å². The maximum Gasteiger partial charge on any atom is 0.290 e. The molecule has 0 unspecified atom stereocenters. The van der Waals surface area contributed by atoms with Gasteiger partial charge < -0.3 is 9.15 Å². The molecule has 0 atom stereocenters. The highest BCUT2D eigenvalue weighted by Gasteiger charge is 2.24. The van der Waals surface area contributed by atoms with Crippen LogP contribution in [0.3, 0.4) is 0 Å². The number of rotatable bonds is 6. The van der Waals surface area contributed by atoms with Crippen molar-refractivity contribution >= 4 is 40.7 Å². The first kappa shape index (κ1) is 16.7. The van der Waals surface area contributed by atoms with Crippen molar-refractivity contribution in [2.24, 2.45) is 0 Å². The van der Waals surface area contributed by atoms with Gasteiger partial charge in [0, 0.05) is 11.3 Å².